The van der Waals surface area contributed by atoms with Gasteiger partial charge in [0.1, 0.15) is 0 Å². The molecule has 0 heterocycles. The number of hydrogen-bond acceptors (Lipinski definition) is 2. The first-order valence-corrected chi connectivity index (χ1v) is 6.93. The fourth-order valence-electron chi connectivity index (χ4n) is 2.99. The third-order valence-corrected chi connectivity index (χ3v) is 3.98. The maximum Gasteiger partial charge on any atom is 0.0622 e. The number of ether oxygens (including phenoxy) is 1. The SMILES string of the molecule is CCCNC(COCC)C1CCCC1(C)C. The van der Waals surface area contributed by atoms with E-state index in [1.165, 1.54) is 25.7 Å². The molecule has 2 atom stereocenters. The summed E-state index contributed by atoms with van der Waals surface area (Å²) in [4.78, 5) is 0. The smallest absolute Gasteiger partial charge is 0.0622 e. The molecule has 1 rings (SSSR count). The maximum atomic E-state index is 5.64. The van der Waals surface area contributed by atoms with Crippen LogP contribution in [0.25, 0.3) is 0 Å². The molecule has 0 saturated heterocycles. The van der Waals surface area contributed by atoms with Crippen LogP contribution in [0.5, 0.6) is 0 Å². The summed E-state index contributed by atoms with van der Waals surface area (Å²) in [5.41, 5.74) is 0.489. The van der Waals surface area contributed by atoms with Gasteiger partial charge in [-0.2, -0.15) is 0 Å². The van der Waals surface area contributed by atoms with E-state index >= 15 is 0 Å². The second kappa shape index (κ2) is 6.61. The standard InChI is InChI=1S/C14H29NO/c1-5-10-15-13(11-16-6-2)12-8-7-9-14(12,3)4/h12-13,15H,5-11H2,1-4H3. The van der Waals surface area contributed by atoms with Crippen molar-refractivity contribution < 1.29 is 4.74 Å². The van der Waals surface area contributed by atoms with Crippen LogP contribution >= 0.6 is 0 Å². The Morgan fingerprint density at radius 2 is 2.12 bits per heavy atom. The molecule has 1 aliphatic carbocycles. The van der Waals surface area contributed by atoms with Crippen molar-refractivity contribution in [2.75, 3.05) is 19.8 Å². The highest BCUT2D eigenvalue weighted by Gasteiger charge is 2.39. The molecule has 16 heavy (non-hydrogen) atoms. The molecule has 2 nitrogen and oxygen atoms in total. The molecule has 1 saturated carbocycles. The molecule has 2 heteroatoms. The molecule has 1 N–H and O–H groups in total. The van der Waals surface area contributed by atoms with Crippen LogP contribution in [0.3, 0.4) is 0 Å². The number of nitrogens with one attached hydrogen (secondary N) is 1. The summed E-state index contributed by atoms with van der Waals surface area (Å²) in [5, 5.41) is 3.68. The Kier molecular flexibility index (Phi) is 5.77. The van der Waals surface area contributed by atoms with E-state index in [0.717, 1.165) is 25.7 Å². The Bertz CT molecular complexity index is 183. The summed E-state index contributed by atoms with van der Waals surface area (Å²) in [6, 6.07) is 0.553. The highest BCUT2D eigenvalue weighted by molar-refractivity contribution is 4.92. The molecule has 0 spiro atoms. The summed E-state index contributed by atoms with van der Waals surface area (Å²) in [5.74, 6) is 0.783. The molecule has 2 unspecified atom stereocenters. The van der Waals surface area contributed by atoms with Crippen molar-refractivity contribution in [2.24, 2.45) is 11.3 Å². The fraction of sp³-hybridized carbons (Fsp3) is 1.00. The van der Waals surface area contributed by atoms with Gasteiger partial charge in [-0.25, -0.2) is 0 Å². The van der Waals surface area contributed by atoms with Crippen molar-refractivity contribution in [3.8, 4) is 0 Å². The highest BCUT2D eigenvalue weighted by Crippen LogP contribution is 2.44. The molecule has 0 aromatic rings. The third kappa shape index (κ3) is 3.74. The van der Waals surface area contributed by atoms with E-state index in [2.05, 4.69) is 33.0 Å². The molecule has 96 valence electrons. The molecular weight excluding hydrogens is 198 g/mol. The molecule has 0 radical (unpaired) electrons. The summed E-state index contributed by atoms with van der Waals surface area (Å²) in [6.07, 6.45) is 5.32. The highest BCUT2D eigenvalue weighted by atomic mass is 16.5. The van der Waals surface area contributed by atoms with Gasteiger partial charge in [-0.05, 0) is 44.1 Å². The predicted octanol–water partition coefficient (Wildman–Crippen LogP) is 3.22. The van der Waals surface area contributed by atoms with Gasteiger partial charge in [0, 0.05) is 12.6 Å². The third-order valence-electron chi connectivity index (χ3n) is 3.98. The van der Waals surface area contributed by atoms with Crippen LogP contribution in [0.4, 0.5) is 0 Å². The van der Waals surface area contributed by atoms with Gasteiger partial charge in [0.2, 0.25) is 0 Å². The Morgan fingerprint density at radius 1 is 1.38 bits per heavy atom. The lowest BCUT2D eigenvalue weighted by atomic mass is 9.77. The van der Waals surface area contributed by atoms with E-state index in [0.29, 0.717) is 11.5 Å². The second-order valence-corrected chi connectivity index (χ2v) is 5.71. The minimum atomic E-state index is 0.489. The van der Waals surface area contributed by atoms with Crippen LogP contribution in [0, 0.1) is 11.3 Å². The van der Waals surface area contributed by atoms with Crippen LogP contribution in [0.1, 0.15) is 53.4 Å². The van der Waals surface area contributed by atoms with Gasteiger partial charge in [-0.15, -0.1) is 0 Å². The van der Waals surface area contributed by atoms with E-state index < -0.39 is 0 Å². The van der Waals surface area contributed by atoms with E-state index in [4.69, 9.17) is 4.74 Å². The molecular formula is C14H29NO. The molecule has 0 aliphatic heterocycles. The zero-order valence-corrected chi connectivity index (χ0v) is 11.5. The van der Waals surface area contributed by atoms with Gasteiger partial charge in [-0.1, -0.05) is 27.2 Å². The van der Waals surface area contributed by atoms with E-state index in [1.54, 1.807) is 0 Å². The van der Waals surface area contributed by atoms with Gasteiger partial charge in [0.15, 0.2) is 0 Å². The van der Waals surface area contributed by atoms with Crippen molar-refractivity contribution in [3.63, 3.8) is 0 Å². The average molecular weight is 227 g/mol. The molecule has 0 aromatic heterocycles. The minimum Gasteiger partial charge on any atom is -0.380 e. The maximum absolute atomic E-state index is 5.64. The van der Waals surface area contributed by atoms with E-state index in [-0.39, 0.29) is 0 Å². The minimum absolute atomic E-state index is 0.489. The van der Waals surface area contributed by atoms with Crippen molar-refractivity contribution in [1.82, 2.24) is 5.32 Å². The molecule has 0 aromatic carbocycles. The molecule has 0 bridgehead atoms. The lowest BCUT2D eigenvalue weighted by Crippen LogP contribution is -2.44. The Hall–Kier alpha value is -0.0800. The first-order chi connectivity index (χ1) is 7.61. The quantitative estimate of drug-likeness (QED) is 0.721. The van der Waals surface area contributed by atoms with Gasteiger partial charge >= 0.3 is 0 Å². The van der Waals surface area contributed by atoms with Crippen molar-refractivity contribution >= 4 is 0 Å². The monoisotopic (exact) mass is 227 g/mol. The summed E-state index contributed by atoms with van der Waals surface area (Å²) >= 11 is 0. The van der Waals surface area contributed by atoms with Crippen LogP contribution < -0.4 is 5.32 Å². The average Bonchev–Trinajstić information content (AvgIpc) is 2.59. The zero-order chi connectivity index (χ0) is 12.0. The Labute approximate surface area is 101 Å². The lowest BCUT2D eigenvalue weighted by Gasteiger charge is -2.34. The van der Waals surface area contributed by atoms with Crippen molar-refractivity contribution in [3.05, 3.63) is 0 Å². The summed E-state index contributed by atoms with van der Waals surface area (Å²) in [7, 11) is 0. The fourth-order valence-corrected chi connectivity index (χ4v) is 2.99. The largest absolute Gasteiger partial charge is 0.380 e. The van der Waals surface area contributed by atoms with E-state index in [9.17, 15) is 0 Å². The van der Waals surface area contributed by atoms with Gasteiger partial charge in [0.25, 0.3) is 0 Å². The van der Waals surface area contributed by atoms with Gasteiger partial charge < -0.3 is 10.1 Å². The lowest BCUT2D eigenvalue weighted by molar-refractivity contribution is 0.0770. The Balaban J connectivity index is 2.52. The zero-order valence-electron chi connectivity index (χ0n) is 11.5. The van der Waals surface area contributed by atoms with E-state index in [1.807, 2.05) is 0 Å². The van der Waals surface area contributed by atoms with Crippen molar-refractivity contribution in [2.45, 2.75) is 59.4 Å². The predicted molar refractivity (Wildman–Crippen MR) is 69.7 cm³/mol. The van der Waals surface area contributed by atoms with Crippen molar-refractivity contribution in [1.29, 1.82) is 0 Å². The first-order valence-electron chi connectivity index (χ1n) is 6.93. The molecule has 0 amide bonds. The Morgan fingerprint density at radius 3 is 2.62 bits per heavy atom. The van der Waals surface area contributed by atoms with Crippen LogP contribution in [0.15, 0.2) is 0 Å². The van der Waals surface area contributed by atoms with Gasteiger partial charge in [-0.3, -0.25) is 0 Å². The summed E-state index contributed by atoms with van der Waals surface area (Å²) < 4.78 is 5.64. The normalized spacial score (nSPS) is 25.9. The van der Waals surface area contributed by atoms with Crippen LogP contribution in [0.2, 0.25) is 0 Å². The first kappa shape index (κ1) is 14.0. The molecule has 1 fully saturated rings. The number of rotatable bonds is 7. The summed E-state index contributed by atoms with van der Waals surface area (Å²) in [6.45, 7) is 12.0. The second-order valence-electron chi connectivity index (χ2n) is 5.71. The molecule has 1 aliphatic rings. The van der Waals surface area contributed by atoms with Crippen LogP contribution in [-0.4, -0.2) is 25.8 Å². The number of hydrogen-bond donors (Lipinski definition) is 1. The van der Waals surface area contributed by atoms with Gasteiger partial charge in [0.05, 0.1) is 6.61 Å². The van der Waals surface area contributed by atoms with Crippen LogP contribution in [-0.2, 0) is 4.74 Å². The topological polar surface area (TPSA) is 21.3 Å².